The van der Waals surface area contributed by atoms with Gasteiger partial charge < -0.3 is 10.6 Å². The Morgan fingerprint density at radius 3 is 3.25 bits per heavy atom. The van der Waals surface area contributed by atoms with Gasteiger partial charge in [0.05, 0.1) is 12.7 Å². The first-order valence-corrected chi connectivity index (χ1v) is 7.46. The van der Waals surface area contributed by atoms with Crippen molar-refractivity contribution < 1.29 is 4.79 Å². The molecule has 1 aliphatic heterocycles. The van der Waals surface area contributed by atoms with E-state index in [0.29, 0.717) is 6.54 Å². The highest BCUT2D eigenvalue weighted by Crippen LogP contribution is 2.22. The molecule has 0 saturated heterocycles. The molecule has 2 N–H and O–H groups in total. The van der Waals surface area contributed by atoms with E-state index in [1.807, 2.05) is 24.0 Å². The lowest BCUT2D eigenvalue weighted by Gasteiger charge is -2.23. The SMILES string of the molecule is Cc1csc(CNC(=O)C2NCCc3c2cnn3C)n1. The summed E-state index contributed by atoms with van der Waals surface area (Å²) in [7, 11) is 1.91. The zero-order valence-corrected chi connectivity index (χ0v) is 12.3. The third-order valence-electron chi connectivity index (χ3n) is 3.46. The van der Waals surface area contributed by atoms with Crippen LogP contribution in [0.3, 0.4) is 0 Å². The zero-order chi connectivity index (χ0) is 14.1. The predicted molar refractivity (Wildman–Crippen MR) is 76.4 cm³/mol. The van der Waals surface area contributed by atoms with Gasteiger partial charge in [-0.05, 0) is 6.92 Å². The molecule has 1 unspecified atom stereocenters. The maximum atomic E-state index is 12.3. The second kappa shape index (κ2) is 5.34. The minimum absolute atomic E-state index is 0.0215. The molecule has 0 spiro atoms. The van der Waals surface area contributed by atoms with Gasteiger partial charge >= 0.3 is 0 Å². The van der Waals surface area contributed by atoms with E-state index in [1.165, 1.54) is 0 Å². The number of carbonyl (C=O) groups is 1. The molecule has 0 saturated carbocycles. The van der Waals surface area contributed by atoms with Crippen LogP contribution in [0.4, 0.5) is 0 Å². The van der Waals surface area contributed by atoms with Gasteiger partial charge in [0.25, 0.3) is 0 Å². The van der Waals surface area contributed by atoms with Gasteiger partial charge in [-0.1, -0.05) is 0 Å². The van der Waals surface area contributed by atoms with E-state index in [2.05, 4.69) is 20.7 Å². The van der Waals surface area contributed by atoms with Gasteiger partial charge in [-0.25, -0.2) is 4.98 Å². The smallest absolute Gasteiger partial charge is 0.242 e. The van der Waals surface area contributed by atoms with Crippen LogP contribution in [0.15, 0.2) is 11.6 Å². The Hall–Kier alpha value is -1.73. The monoisotopic (exact) mass is 291 g/mol. The Labute approximate surface area is 121 Å². The van der Waals surface area contributed by atoms with Gasteiger partial charge in [0.1, 0.15) is 11.0 Å². The summed E-state index contributed by atoms with van der Waals surface area (Å²) < 4.78 is 1.85. The summed E-state index contributed by atoms with van der Waals surface area (Å²) in [5.74, 6) is -0.0215. The Morgan fingerprint density at radius 1 is 1.65 bits per heavy atom. The molecule has 20 heavy (non-hydrogen) atoms. The normalized spacial score (nSPS) is 17.8. The van der Waals surface area contributed by atoms with Crippen LogP contribution in [0.1, 0.15) is 28.0 Å². The molecule has 0 radical (unpaired) electrons. The summed E-state index contributed by atoms with van der Waals surface area (Å²) in [5.41, 5.74) is 3.10. The van der Waals surface area contributed by atoms with E-state index in [9.17, 15) is 4.79 Å². The fourth-order valence-corrected chi connectivity index (χ4v) is 3.17. The van der Waals surface area contributed by atoms with Crippen LogP contribution in [0.5, 0.6) is 0 Å². The Kier molecular flexibility index (Phi) is 3.54. The van der Waals surface area contributed by atoms with Crippen LogP contribution in [0, 0.1) is 6.92 Å². The van der Waals surface area contributed by atoms with E-state index in [1.54, 1.807) is 17.5 Å². The number of fused-ring (bicyclic) bond motifs is 1. The zero-order valence-electron chi connectivity index (χ0n) is 11.5. The van der Waals surface area contributed by atoms with E-state index < -0.39 is 0 Å². The highest BCUT2D eigenvalue weighted by atomic mass is 32.1. The average Bonchev–Trinajstić information content (AvgIpc) is 3.03. The average molecular weight is 291 g/mol. The molecule has 1 aliphatic rings. The molecule has 0 aromatic carbocycles. The first-order valence-electron chi connectivity index (χ1n) is 6.58. The van der Waals surface area contributed by atoms with Crippen molar-refractivity contribution >= 4 is 17.2 Å². The summed E-state index contributed by atoms with van der Waals surface area (Å²) >= 11 is 1.57. The number of thiazole rings is 1. The maximum absolute atomic E-state index is 12.3. The van der Waals surface area contributed by atoms with Crippen LogP contribution in [-0.4, -0.2) is 27.2 Å². The van der Waals surface area contributed by atoms with Gasteiger partial charge in [0, 0.05) is 42.3 Å². The lowest BCUT2D eigenvalue weighted by atomic mass is 10.0. The van der Waals surface area contributed by atoms with Crippen LogP contribution in [0.2, 0.25) is 0 Å². The lowest BCUT2D eigenvalue weighted by Crippen LogP contribution is -2.41. The van der Waals surface area contributed by atoms with Crippen LogP contribution in [0.25, 0.3) is 0 Å². The Balaban J connectivity index is 1.69. The van der Waals surface area contributed by atoms with Crippen LogP contribution < -0.4 is 10.6 Å². The molecule has 3 heterocycles. The quantitative estimate of drug-likeness (QED) is 0.873. The number of amides is 1. The number of nitrogens with zero attached hydrogens (tertiary/aromatic N) is 3. The summed E-state index contributed by atoms with van der Waals surface area (Å²) in [4.78, 5) is 16.7. The number of aromatic nitrogens is 3. The molecule has 2 aromatic heterocycles. The molecular formula is C13H17N5OS. The molecule has 1 amide bonds. The molecule has 1 atom stereocenters. The van der Waals surface area contributed by atoms with Crippen LogP contribution in [-0.2, 0) is 24.8 Å². The van der Waals surface area contributed by atoms with E-state index in [0.717, 1.165) is 34.9 Å². The van der Waals surface area contributed by atoms with Crippen molar-refractivity contribution in [3.05, 3.63) is 33.5 Å². The van der Waals surface area contributed by atoms with Crippen molar-refractivity contribution in [2.24, 2.45) is 7.05 Å². The van der Waals surface area contributed by atoms with Gasteiger partial charge in [0.2, 0.25) is 5.91 Å². The van der Waals surface area contributed by atoms with Gasteiger partial charge in [-0.2, -0.15) is 5.10 Å². The van der Waals surface area contributed by atoms with E-state index in [-0.39, 0.29) is 11.9 Å². The first-order chi connectivity index (χ1) is 9.65. The Bertz CT molecular complexity index is 632. The van der Waals surface area contributed by atoms with Crippen LogP contribution >= 0.6 is 11.3 Å². The molecule has 3 rings (SSSR count). The summed E-state index contributed by atoms with van der Waals surface area (Å²) in [6.07, 6.45) is 2.68. The molecule has 0 fully saturated rings. The van der Waals surface area contributed by atoms with Crippen molar-refractivity contribution in [2.75, 3.05) is 6.54 Å². The van der Waals surface area contributed by atoms with Gasteiger partial charge in [-0.15, -0.1) is 11.3 Å². The second-order valence-corrected chi connectivity index (χ2v) is 5.85. The fraction of sp³-hybridized carbons (Fsp3) is 0.462. The van der Waals surface area contributed by atoms with E-state index >= 15 is 0 Å². The highest BCUT2D eigenvalue weighted by Gasteiger charge is 2.28. The van der Waals surface area contributed by atoms with Crippen molar-refractivity contribution in [2.45, 2.75) is 25.9 Å². The fourth-order valence-electron chi connectivity index (χ4n) is 2.45. The minimum Gasteiger partial charge on any atom is -0.348 e. The van der Waals surface area contributed by atoms with Crippen molar-refractivity contribution in [1.29, 1.82) is 0 Å². The highest BCUT2D eigenvalue weighted by molar-refractivity contribution is 7.09. The molecule has 106 valence electrons. The molecule has 2 aromatic rings. The number of aryl methyl sites for hydroxylation is 2. The molecular weight excluding hydrogens is 274 g/mol. The summed E-state index contributed by atoms with van der Waals surface area (Å²) in [6.45, 7) is 3.22. The second-order valence-electron chi connectivity index (χ2n) is 4.91. The lowest BCUT2D eigenvalue weighted by molar-refractivity contribution is -0.123. The summed E-state index contributed by atoms with van der Waals surface area (Å²) in [6, 6.07) is -0.312. The molecule has 6 nitrogen and oxygen atoms in total. The minimum atomic E-state index is -0.312. The van der Waals surface area contributed by atoms with Crippen molar-refractivity contribution in [3.63, 3.8) is 0 Å². The first kappa shape index (κ1) is 13.3. The summed E-state index contributed by atoms with van der Waals surface area (Å²) in [5, 5.41) is 13.3. The maximum Gasteiger partial charge on any atom is 0.242 e. The Morgan fingerprint density at radius 2 is 2.50 bits per heavy atom. The van der Waals surface area contributed by atoms with Crippen molar-refractivity contribution in [1.82, 2.24) is 25.4 Å². The number of hydrogen-bond acceptors (Lipinski definition) is 5. The standard InChI is InChI=1S/C13H17N5OS/c1-8-7-20-11(17-8)6-15-13(19)12-9-5-16-18(2)10(9)3-4-14-12/h5,7,12,14H,3-4,6H2,1-2H3,(H,15,19). The molecule has 0 bridgehead atoms. The number of nitrogens with one attached hydrogen (secondary N) is 2. The number of rotatable bonds is 3. The van der Waals surface area contributed by atoms with Crippen molar-refractivity contribution in [3.8, 4) is 0 Å². The predicted octanol–water partition coefficient (Wildman–Crippen LogP) is 0.688. The largest absolute Gasteiger partial charge is 0.348 e. The number of carbonyl (C=O) groups excluding carboxylic acids is 1. The molecule has 0 aliphatic carbocycles. The topological polar surface area (TPSA) is 71.8 Å². The van der Waals surface area contributed by atoms with Gasteiger partial charge in [-0.3, -0.25) is 9.48 Å². The molecule has 7 heteroatoms. The third-order valence-corrected chi connectivity index (χ3v) is 4.42. The van der Waals surface area contributed by atoms with Gasteiger partial charge in [0.15, 0.2) is 0 Å². The third kappa shape index (κ3) is 2.46. The number of hydrogen-bond donors (Lipinski definition) is 2. The van der Waals surface area contributed by atoms with E-state index in [4.69, 9.17) is 0 Å².